The first-order valence-corrected chi connectivity index (χ1v) is 14.3. The summed E-state index contributed by atoms with van der Waals surface area (Å²) >= 11 is 1.40. The standard InChI is InChI=1S/C17H31O3PSSi/c1-8-19-21(18,20-9-2)22-16(15-13-11-10-12-14-15)23(6,7)17(3,4)5/h10-14,16H,8-9H2,1-7H3. The van der Waals surface area contributed by atoms with Crippen LogP contribution in [-0.4, -0.2) is 21.3 Å². The summed E-state index contributed by atoms with van der Waals surface area (Å²) in [6, 6.07) is 10.4. The van der Waals surface area contributed by atoms with Crippen LogP contribution in [0.4, 0.5) is 0 Å². The van der Waals surface area contributed by atoms with Crippen molar-refractivity contribution in [2.75, 3.05) is 13.2 Å². The Balaban J connectivity index is 3.28. The summed E-state index contributed by atoms with van der Waals surface area (Å²) in [5.74, 6) is 0. The van der Waals surface area contributed by atoms with Crippen molar-refractivity contribution in [3.63, 3.8) is 0 Å². The average Bonchev–Trinajstić information content (AvgIpc) is 2.45. The molecule has 1 atom stereocenters. The molecule has 0 aliphatic rings. The maximum absolute atomic E-state index is 13.1. The van der Waals surface area contributed by atoms with Gasteiger partial charge in [0.1, 0.15) is 0 Å². The van der Waals surface area contributed by atoms with Crippen LogP contribution in [0.15, 0.2) is 30.3 Å². The molecule has 23 heavy (non-hydrogen) atoms. The van der Waals surface area contributed by atoms with E-state index in [1.165, 1.54) is 16.9 Å². The molecule has 1 aromatic rings. The first kappa shape index (κ1) is 21.0. The van der Waals surface area contributed by atoms with Crippen molar-refractivity contribution in [3.05, 3.63) is 35.9 Å². The molecule has 0 amide bonds. The van der Waals surface area contributed by atoms with Gasteiger partial charge >= 0.3 is 6.80 Å². The summed E-state index contributed by atoms with van der Waals surface area (Å²) in [7, 11) is -1.81. The van der Waals surface area contributed by atoms with Crippen LogP contribution >= 0.6 is 18.2 Å². The predicted octanol–water partition coefficient (Wildman–Crippen LogP) is 6.69. The van der Waals surface area contributed by atoms with Crippen molar-refractivity contribution in [2.24, 2.45) is 0 Å². The van der Waals surface area contributed by atoms with E-state index in [0.29, 0.717) is 13.2 Å². The number of hydrogen-bond donors (Lipinski definition) is 0. The molecular formula is C17H31O3PSSi. The van der Waals surface area contributed by atoms with Gasteiger partial charge in [-0.1, -0.05) is 64.2 Å². The van der Waals surface area contributed by atoms with Crippen molar-refractivity contribution in [1.29, 1.82) is 0 Å². The van der Waals surface area contributed by atoms with Crippen LogP contribution in [0.3, 0.4) is 0 Å². The lowest BCUT2D eigenvalue weighted by Crippen LogP contribution is -2.42. The Hall–Kier alpha value is -0.0631. The van der Waals surface area contributed by atoms with E-state index in [2.05, 4.69) is 46.0 Å². The van der Waals surface area contributed by atoms with Gasteiger partial charge < -0.3 is 9.05 Å². The van der Waals surface area contributed by atoms with Gasteiger partial charge in [-0.15, -0.1) is 0 Å². The zero-order chi connectivity index (χ0) is 17.7. The van der Waals surface area contributed by atoms with Gasteiger partial charge in [0.05, 0.1) is 21.3 Å². The van der Waals surface area contributed by atoms with Crippen LogP contribution in [0.1, 0.15) is 45.1 Å². The lowest BCUT2D eigenvalue weighted by molar-refractivity contribution is 0.237. The van der Waals surface area contributed by atoms with E-state index in [9.17, 15) is 4.57 Å². The third kappa shape index (κ3) is 5.47. The summed E-state index contributed by atoms with van der Waals surface area (Å²) in [5.41, 5.74) is 1.21. The molecule has 0 heterocycles. The molecule has 0 N–H and O–H groups in total. The van der Waals surface area contributed by atoms with Crippen molar-refractivity contribution in [1.82, 2.24) is 0 Å². The zero-order valence-electron chi connectivity index (χ0n) is 15.5. The minimum absolute atomic E-state index is 0.146. The molecule has 0 radical (unpaired) electrons. The van der Waals surface area contributed by atoms with Gasteiger partial charge in [-0.2, -0.15) is 0 Å². The van der Waals surface area contributed by atoms with Crippen molar-refractivity contribution in [2.45, 2.75) is 57.6 Å². The summed E-state index contributed by atoms with van der Waals surface area (Å²) in [6.45, 7) is 12.9. The molecule has 0 aliphatic carbocycles. The highest BCUT2D eigenvalue weighted by atomic mass is 32.7. The molecule has 0 saturated carbocycles. The molecule has 0 aromatic heterocycles. The number of hydrogen-bond acceptors (Lipinski definition) is 4. The fourth-order valence-corrected chi connectivity index (χ4v) is 13.1. The second kappa shape index (κ2) is 8.35. The summed E-state index contributed by atoms with van der Waals surface area (Å²) < 4.78 is 24.2. The Morgan fingerprint density at radius 1 is 1.09 bits per heavy atom. The van der Waals surface area contributed by atoms with Crippen LogP contribution in [0, 0.1) is 0 Å². The van der Waals surface area contributed by atoms with Crippen LogP contribution in [0.5, 0.6) is 0 Å². The number of benzene rings is 1. The van der Waals surface area contributed by atoms with Gasteiger partial charge in [0.15, 0.2) is 0 Å². The molecule has 132 valence electrons. The Kier molecular flexibility index (Phi) is 7.62. The first-order chi connectivity index (χ1) is 10.6. The fraction of sp³-hybridized carbons (Fsp3) is 0.647. The molecule has 0 fully saturated rings. The van der Waals surface area contributed by atoms with Gasteiger partial charge in [-0.05, 0) is 35.8 Å². The van der Waals surface area contributed by atoms with E-state index in [1.807, 2.05) is 32.0 Å². The minimum Gasteiger partial charge on any atom is -0.301 e. The first-order valence-electron chi connectivity index (χ1n) is 8.20. The molecule has 1 rings (SSSR count). The lowest BCUT2D eigenvalue weighted by atomic mass is 10.2. The molecule has 1 aromatic carbocycles. The van der Waals surface area contributed by atoms with Gasteiger partial charge in [-0.25, -0.2) is 4.57 Å². The van der Waals surface area contributed by atoms with E-state index in [-0.39, 0.29) is 9.91 Å². The zero-order valence-corrected chi connectivity index (χ0v) is 18.2. The Bertz CT molecular complexity index is 518. The van der Waals surface area contributed by atoms with Crippen LogP contribution < -0.4 is 0 Å². The molecule has 1 unspecified atom stereocenters. The lowest BCUT2D eigenvalue weighted by Gasteiger charge is -2.43. The quantitative estimate of drug-likeness (QED) is 0.375. The fourth-order valence-electron chi connectivity index (χ4n) is 2.17. The van der Waals surface area contributed by atoms with Crippen LogP contribution in [0.25, 0.3) is 0 Å². The SMILES string of the molecule is CCOP(=O)(OCC)SC(c1ccccc1)[Si](C)(C)C(C)(C)C. The smallest absolute Gasteiger partial charge is 0.301 e. The van der Waals surface area contributed by atoms with E-state index in [4.69, 9.17) is 9.05 Å². The van der Waals surface area contributed by atoms with Crippen molar-refractivity contribution < 1.29 is 13.6 Å². The third-order valence-electron chi connectivity index (χ3n) is 4.50. The maximum atomic E-state index is 13.1. The maximum Gasteiger partial charge on any atom is 0.389 e. The molecule has 0 saturated heterocycles. The second-order valence-electron chi connectivity index (χ2n) is 7.15. The third-order valence-corrected chi connectivity index (χ3v) is 16.7. The highest BCUT2D eigenvalue weighted by Crippen LogP contribution is 2.68. The molecule has 0 bridgehead atoms. The molecular weight excluding hydrogens is 343 g/mol. The van der Waals surface area contributed by atoms with E-state index < -0.39 is 14.9 Å². The average molecular weight is 375 g/mol. The largest absolute Gasteiger partial charge is 0.389 e. The Labute approximate surface area is 146 Å². The molecule has 0 aliphatic heterocycles. The second-order valence-corrected chi connectivity index (χ2v) is 17.2. The topological polar surface area (TPSA) is 35.5 Å². The van der Waals surface area contributed by atoms with E-state index in [0.717, 1.165) is 0 Å². The summed E-state index contributed by atoms with van der Waals surface area (Å²) in [6.07, 6.45) is 0. The highest BCUT2D eigenvalue weighted by Gasteiger charge is 2.47. The summed E-state index contributed by atoms with van der Waals surface area (Å²) in [4.78, 5) is 0.146. The normalized spacial score (nSPS) is 14.7. The van der Waals surface area contributed by atoms with Gasteiger partial charge in [-0.3, -0.25) is 0 Å². The minimum atomic E-state index is -3.16. The summed E-state index contributed by atoms with van der Waals surface area (Å²) in [5, 5.41) is 0.170. The van der Waals surface area contributed by atoms with Crippen LogP contribution in [0.2, 0.25) is 18.1 Å². The van der Waals surface area contributed by atoms with Crippen molar-refractivity contribution in [3.8, 4) is 0 Å². The van der Waals surface area contributed by atoms with Crippen molar-refractivity contribution >= 4 is 26.3 Å². The highest BCUT2D eigenvalue weighted by molar-refractivity contribution is 8.55. The van der Waals surface area contributed by atoms with Gasteiger partial charge in [0.25, 0.3) is 0 Å². The van der Waals surface area contributed by atoms with Gasteiger partial charge in [0, 0.05) is 4.87 Å². The van der Waals surface area contributed by atoms with Crippen LogP contribution in [-0.2, 0) is 13.6 Å². The van der Waals surface area contributed by atoms with Gasteiger partial charge in [0.2, 0.25) is 0 Å². The predicted molar refractivity (Wildman–Crippen MR) is 105 cm³/mol. The Morgan fingerprint density at radius 2 is 1.57 bits per heavy atom. The molecule has 3 nitrogen and oxygen atoms in total. The monoisotopic (exact) mass is 374 g/mol. The van der Waals surface area contributed by atoms with E-state index >= 15 is 0 Å². The number of rotatable bonds is 8. The Morgan fingerprint density at radius 3 is 1.96 bits per heavy atom. The molecule has 0 spiro atoms. The molecule has 6 heteroatoms. The van der Waals surface area contributed by atoms with E-state index in [1.54, 1.807) is 0 Å².